The van der Waals surface area contributed by atoms with Gasteiger partial charge in [-0.25, -0.2) is 0 Å². The second-order valence-electron chi connectivity index (χ2n) is 10.3. The Bertz CT molecular complexity index is 1090. The van der Waals surface area contributed by atoms with Crippen LogP contribution in [0.3, 0.4) is 0 Å². The lowest BCUT2D eigenvalue weighted by Gasteiger charge is -2.37. The number of hydrogen-bond acceptors (Lipinski definition) is 6. The van der Waals surface area contributed by atoms with Crippen molar-refractivity contribution in [1.82, 2.24) is 4.90 Å². The van der Waals surface area contributed by atoms with Crippen molar-refractivity contribution in [2.45, 2.75) is 62.7 Å². The summed E-state index contributed by atoms with van der Waals surface area (Å²) < 4.78 is 12.2. The predicted octanol–water partition coefficient (Wildman–Crippen LogP) is 3.91. The molecule has 3 aliphatic rings. The molecule has 1 spiro atoms. The summed E-state index contributed by atoms with van der Waals surface area (Å²) in [4.78, 5) is 45.1. The lowest BCUT2D eigenvalue weighted by atomic mass is 9.65. The normalized spacial score (nSPS) is 29.3. The van der Waals surface area contributed by atoms with E-state index >= 15 is 0 Å². The van der Waals surface area contributed by atoms with Crippen molar-refractivity contribution in [3.05, 3.63) is 54.6 Å². The number of esters is 1. The molecule has 5 atom stereocenters. The lowest BCUT2D eigenvalue weighted by Crippen LogP contribution is -2.56. The number of amides is 2. The number of fused-ring (bicyclic) bond motifs is 1. The highest BCUT2D eigenvalue weighted by Gasteiger charge is 2.79. The van der Waals surface area contributed by atoms with Crippen LogP contribution in [0.5, 0.6) is 0 Å². The van der Waals surface area contributed by atoms with E-state index in [-0.39, 0.29) is 31.6 Å². The van der Waals surface area contributed by atoms with Gasteiger partial charge in [0.05, 0.1) is 22.2 Å². The van der Waals surface area contributed by atoms with E-state index in [1.807, 2.05) is 6.92 Å². The van der Waals surface area contributed by atoms with Crippen LogP contribution in [0, 0.1) is 11.8 Å². The van der Waals surface area contributed by atoms with Crippen LogP contribution in [0.25, 0.3) is 0 Å². The van der Waals surface area contributed by atoms with E-state index in [1.54, 1.807) is 40.1 Å². The smallest absolute Gasteiger partial charge is 0.313 e. The number of likely N-dealkylation sites (tertiary alicyclic amines) is 1. The fraction of sp³-hybridized carbons (Fsp3) is 0.552. The monoisotopic (exact) mass is 544 g/mol. The van der Waals surface area contributed by atoms with Gasteiger partial charge in [0, 0.05) is 19.7 Å². The third-order valence-corrected chi connectivity index (χ3v) is 8.61. The Kier molecular flexibility index (Phi) is 8.65. The van der Waals surface area contributed by atoms with E-state index in [4.69, 9.17) is 21.1 Å². The summed E-state index contributed by atoms with van der Waals surface area (Å²) in [5, 5.41) is 9.64. The second kappa shape index (κ2) is 11.6. The first-order valence-electron chi connectivity index (χ1n) is 13.4. The fourth-order valence-corrected chi connectivity index (χ4v) is 6.89. The van der Waals surface area contributed by atoms with Crippen molar-refractivity contribution in [1.29, 1.82) is 0 Å². The van der Waals surface area contributed by atoms with Gasteiger partial charge in [-0.2, -0.15) is 0 Å². The van der Waals surface area contributed by atoms with E-state index in [9.17, 15) is 19.5 Å². The van der Waals surface area contributed by atoms with Crippen molar-refractivity contribution in [2.24, 2.45) is 11.8 Å². The number of anilines is 1. The van der Waals surface area contributed by atoms with Gasteiger partial charge in [0.15, 0.2) is 0 Å². The highest BCUT2D eigenvalue weighted by atomic mass is 35.5. The van der Waals surface area contributed by atoms with Crippen LogP contribution in [0.2, 0.25) is 5.02 Å². The first kappa shape index (κ1) is 28.3. The summed E-state index contributed by atoms with van der Waals surface area (Å²) in [5.74, 6) is -2.70. The number of aliphatic hydroxyl groups excluding tert-OH is 1. The van der Waals surface area contributed by atoms with Gasteiger partial charge in [0.25, 0.3) is 5.91 Å². The zero-order chi connectivity index (χ0) is 27.5. The van der Waals surface area contributed by atoms with Crippen LogP contribution < -0.4 is 4.90 Å². The summed E-state index contributed by atoms with van der Waals surface area (Å²) in [6.07, 6.45) is 6.57. The van der Waals surface area contributed by atoms with Crippen molar-refractivity contribution in [2.75, 3.05) is 31.2 Å². The maximum atomic E-state index is 14.5. The molecule has 0 saturated carbocycles. The van der Waals surface area contributed by atoms with Crippen LogP contribution in [0.15, 0.2) is 49.6 Å². The number of para-hydroxylation sites is 1. The minimum Gasteiger partial charge on any atom is -0.461 e. The zero-order valence-electron chi connectivity index (χ0n) is 21.9. The first-order chi connectivity index (χ1) is 18.3. The Morgan fingerprint density at radius 3 is 2.66 bits per heavy atom. The van der Waals surface area contributed by atoms with Gasteiger partial charge in [0.1, 0.15) is 24.2 Å². The molecule has 9 heteroatoms. The zero-order valence-corrected chi connectivity index (χ0v) is 22.7. The van der Waals surface area contributed by atoms with Crippen molar-refractivity contribution in [3.8, 4) is 0 Å². The van der Waals surface area contributed by atoms with E-state index in [2.05, 4.69) is 13.2 Å². The highest BCUT2D eigenvalue weighted by molar-refractivity contribution is 6.34. The van der Waals surface area contributed by atoms with Gasteiger partial charge in [0.2, 0.25) is 5.91 Å². The SMILES string of the molecule is C=CCOC(=O)[C@@H]1[C@H]2C(=O)N(CCCCCO)C(C(=O)N(CC=C)c3ccccc3Cl)C23CC[C@@]1(CC)O3. The van der Waals surface area contributed by atoms with Gasteiger partial charge in [-0.05, 0) is 50.7 Å². The number of ether oxygens (including phenoxy) is 2. The molecule has 8 nitrogen and oxygen atoms in total. The molecule has 38 heavy (non-hydrogen) atoms. The van der Waals surface area contributed by atoms with E-state index in [0.29, 0.717) is 55.8 Å². The van der Waals surface area contributed by atoms with Gasteiger partial charge < -0.3 is 24.4 Å². The van der Waals surface area contributed by atoms with Crippen molar-refractivity contribution >= 4 is 35.1 Å². The Morgan fingerprint density at radius 1 is 1.24 bits per heavy atom. The summed E-state index contributed by atoms with van der Waals surface area (Å²) in [6, 6.07) is 6.12. The number of halogens is 1. The molecule has 1 aromatic carbocycles. The maximum Gasteiger partial charge on any atom is 0.313 e. The van der Waals surface area contributed by atoms with Crippen LogP contribution in [-0.4, -0.2) is 71.3 Å². The molecule has 206 valence electrons. The fourth-order valence-electron chi connectivity index (χ4n) is 6.65. The largest absolute Gasteiger partial charge is 0.461 e. The topological polar surface area (TPSA) is 96.4 Å². The number of rotatable bonds is 13. The van der Waals surface area contributed by atoms with Crippen molar-refractivity contribution in [3.63, 3.8) is 0 Å². The first-order valence-corrected chi connectivity index (χ1v) is 13.8. The molecule has 0 aliphatic carbocycles. The number of hydrogen-bond donors (Lipinski definition) is 1. The lowest BCUT2D eigenvalue weighted by molar-refractivity contribution is -0.159. The second-order valence-corrected chi connectivity index (χ2v) is 10.7. The highest BCUT2D eigenvalue weighted by Crippen LogP contribution is 2.64. The summed E-state index contributed by atoms with van der Waals surface area (Å²) in [7, 11) is 0. The molecule has 3 saturated heterocycles. The maximum absolute atomic E-state index is 14.5. The molecule has 0 radical (unpaired) electrons. The number of carbonyl (C=O) groups excluding carboxylic acids is 3. The molecule has 2 unspecified atom stereocenters. The quantitative estimate of drug-likeness (QED) is 0.230. The standard InChI is InChI=1S/C29H37ClN2O6/c1-4-16-31(21-13-9-8-12-20(21)30)26(35)24-29-15-14-28(6-3,38-29)23(27(36)37-19-5-2)22(29)25(34)32(24)17-10-7-11-18-33/h4-5,8-9,12-13,22-24,33H,1-2,6-7,10-11,14-19H2,3H3/t22-,23-,24?,28+,29?/m0/s1. The van der Waals surface area contributed by atoms with Gasteiger partial charge in [-0.3, -0.25) is 14.4 Å². The Hall–Kier alpha value is -2.68. The summed E-state index contributed by atoms with van der Waals surface area (Å²) >= 11 is 6.50. The van der Waals surface area contributed by atoms with Gasteiger partial charge in [-0.1, -0.05) is 49.4 Å². The minimum atomic E-state index is -1.15. The Balaban J connectivity index is 1.78. The number of unbranched alkanes of at least 4 members (excludes halogenated alkanes) is 2. The number of benzene rings is 1. The minimum absolute atomic E-state index is 0.0376. The molecule has 3 aliphatic heterocycles. The average molecular weight is 545 g/mol. The molecule has 3 fully saturated rings. The Morgan fingerprint density at radius 2 is 2.00 bits per heavy atom. The van der Waals surface area contributed by atoms with Crippen LogP contribution >= 0.6 is 11.6 Å². The molecule has 2 bridgehead atoms. The van der Waals surface area contributed by atoms with Crippen LogP contribution in [0.1, 0.15) is 45.4 Å². The predicted molar refractivity (Wildman–Crippen MR) is 145 cm³/mol. The van der Waals surface area contributed by atoms with Gasteiger partial charge in [-0.15, -0.1) is 6.58 Å². The summed E-state index contributed by atoms with van der Waals surface area (Å²) in [5.41, 5.74) is -1.50. The molecule has 0 aromatic heterocycles. The summed E-state index contributed by atoms with van der Waals surface area (Å²) in [6.45, 7) is 9.99. The molecular formula is C29H37ClN2O6. The third-order valence-electron chi connectivity index (χ3n) is 8.29. The average Bonchev–Trinajstić information content (AvgIpc) is 3.52. The Labute approximate surface area is 229 Å². The number of nitrogens with zero attached hydrogens (tertiary/aromatic N) is 2. The third kappa shape index (κ3) is 4.56. The molecule has 1 N–H and O–H groups in total. The van der Waals surface area contributed by atoms with Gasteiger partial charge >= 0.3 is 5.97 Å². The molecule has 1 aromatic rings. The molecular weight excluding hydrogens is 508 g/mol. The van der Waals surface area contributed by atoms with Crippen LogP contribution in [-0.2, 0) is 23.9 Å². The van der Waals surface area contributed by atoms with E-state index < -0.39 is 35.0 Å². The van der Waals surface area contributed by atoms with Crippen LogP contribution in [0.4, 0.5) is 5.69 Å². The molecule has 3 heterocycles. The van der Waals surface area contributed by atoms with E-state index in [0.717, 1.165) is 0 Å². The molecule has 4 rings (SSSR count). The van der Waals surface area contributed by atoms with Crippen molar-refractivity contribution < 1.29 is 29.0 Å². The number of carbonyl (C=O) groups is 3. The van der Waals surface area contributed by atoms with E-state index in [1.165, 1.54) is 6.08 Å². The number of aliphatic hydroxyl groups is 1. The molecule has 2 amide bonds.